The number of nitrogens with one attached hydrogen (secondary N) is 1. The lowest BCUT2D eigenvalue weighted by molar-refractivity contribution is -0.121. The van der Waals surface area contributed by atoms with Gasteiger partial charge in [0, 0.05) is 7.05 Å². The normalized spacial score (nSPS) is 12.7. The first kappa shape index (κ1) is 20.9. The van der Waals surface area contributed by atoms with Crippen LogP contribution in [0, 0.1) is 13.8 Å². The fourth-order valence-corrected chi connectivity index (χ4v) is 3.75. The first-order chi connectivity index (χ1) is 12.6. The van der Waals surface area contributed by atoms with E-state index in [1.54, 1.807) is 12.1 Å². The van der Waals surface area contributed by atoms with Gasteiger partial charge >= 0.3 is 0 Å². The molecule has 27 heavy (non-hydrogen) atoms. The van der Waals surface area contributed by atoms with Crippen molar-refractivity contribution in [1.29, 1.82) is 0 Å². The summed E-state index contributed by atoms with van der Waals surface area (Å²) in [7, 11) is -0.856. The van der Waals surface area contributed by atoms with Gasteiger partial charge in [-0.3, -0.25) is 4.79 Å². The number of nitrogens with zero attached hydrogens (tertiary/aromatic N) is 1. The molecule has 2 aromatic rings. The Balaban J connectivity index is 2.03. The van der Waals surface area contributed by atoms with Crippen LogP contribution in [0.1, 0.15) is 29.7 Å². The maximum absolute atomic E-state index is 12.6. The van der Waals surface area contributed by atoms with E-state index in [4.69, 9.17) is 4.74 Å². The first-order valence-electron chi connectivity index (χ1n) is 8.62. The number of methoxy groups -OCH3 is 1. The van der Waals surface area contributed by atoms with Crippen molar-refractivity contribution in [1.82, 2.24) is 9.62 Å². The fraction of sp³-hybridized carbons (Fsp3) is 0.350. The molecule has 7 heteroatoms. The lowest BCUT2D eigenvalue weighted by atomic mass is 10.0. The number of carbonyl (C=O) groups excluding carboxylic acids is 1. The van der Waals surface area contributed by atoms with Crippen molar-refractivity contribution < 1.29 is 17.9 Å². The molecule has 0 heterocycles. The molecule has 0 aliphatic rings. The predicted molar refractivity (Wildman–Crippen MR) is 105 cm³/mol. The minimum Gasteiger partial charge on any atom is -0.497 e. The zero-order valence-corrected chi connectivity index (χ0v) is 17.1. The molecule has 0 saturated heterocycles. The van der Waals surface area contributed by atoms with Crippen molar-refractivity contribution in [3.63, 3.8) is 0 Å². The van der Waals surface area contributed by atoms with Gasteiger partial charge in [0.05, 0.1) is 24.6 Å². The monoisotopic (exact) mass is 390 g/mol. The van der Waals surface area contributed by atoms with Gasteiger partial charge in [-0.2, -0.15) is 4.31 Å². The van der Waals surface area contributed by atoms with Crippen LogP contribution in [0.15, 0.2) is 47.4 Å². The van der Waals surface area contributed by atoms with E-state index in [0.29, 0.717) is 5.75 Å². The Morgan fingerprint density at radius 2 is 1.74 bits per heavy atom. The van der Waals surface area contributed by atoms with Gasteiger partial charge in [-0.25, -0.2) is 8.42 Å². The van der Waals surface area contributed by atoms with Crippen LogP contribution in [0.2, 0.25) is 0 Å². The molecule has 0 saturated carbocycles. The summed E-state index contributed by atoms with van der Waals surface area (Å²) in [6.07, 6.45) is 0. The summed E-state index contributed by atoms with van der Waals surface area (Å²) in [6.45, 7) is 5.66. The average Bonchev–Trinajstić information content (AvgIpc) is 2.63. The number of carbonyl (C=O) groups is 1. The molecule has 6 nitrogen and oxygen atoms in total. The van der Waals surface area contributed by atoms with Gasteiger partial charge in [0.15, 0.2) is 0 Å². The van der Waals surface area contributed by atoms with E-state index in [1.165, 1.54) is 31.9 Å². The van der Waals surface area contributed by atoms with Crippen LogP contribution in [0.5, 0.6) is 5.75 Å². The number of hydrogen-bond donors (Lipinski definition) is 1. The summed E-state index contributed by atoms with van der Waals surface area (Å²) in [5.74, 6) is 0.205. The maximum Gasteiger partial charge on any atom is 0.243 e. The SMILES string of the molecule is COc1ccc(S(=O)(=O)N(C)CC(=O)N[C@@H](C)c2ccc(C)c(C)c2)cc1. The molecule has 0 radical (unpaired) electrons. The van der Waals surface area contributed by atoms with Gasteiger partial charge in [-0.1, -0.05) is 18.2 Å². The van der Waals surface area contributed by atoms with Gasteiger partial charge in [0.1, 0.15) is 5.75 Å². The molecule has 0 aliphatic carbocycles. The van der Waals surface area contributed by atoms with Crippen LogP contribution in [0.4, 0.5) is 0 Å². The largest absolute Gasteiger partial charge is 0.497 e. The van der Waals surface area contributed by atoms with Crippen molar-refractivity contribution in [3.05, 3.63) is 59.2 Å². The molecule has 2 rings (SSSR count). The molecule has 0 fully saturated rings. The first-order valence-corrected chi connectivity index (χ1v) is 10.1. The van der Waals surface area contributed by atoms with Crippen LogP contribution >= 0.6 is 0 Å². The lowest BCUT2D eigenvalue weighted by Gasteiger charge is -2.20. The molecule has 2 aromatic carbocycles. The summed E-state index contributed by atoms with van der Waals surface area (Å²) >= 11 is 0. The van der Waals surface area contributed by atoms with E-state index in [1.807, 2.05) is 39.0 Å². The number of ether oxygens (including phenoxy) is 1. The summed E-state index contributed by atoms with van der Waals surface area (Å²) in [6, 6.07) is 11.8. The number of amides is 1. The zero-order valence-electron chi connectivity index (χ0n) is 16.3. The second-order valence-electron chi connectivity index (χ2n) is 6.57. The lowest BCUT2D eigenvalue weighted by Crippen LogP contribution is -2.39. The highest BCUT2D eigenvalue weighted by Crippen LogP contribution is 2.19. The second kappa shape index (κ2) is 8.54. The number of hydrogen-bond acceptors (Lipinski definition) is 4. The smallest absolute Gasteiger partial charge is 0.243 e. The van der Waals surface area contributed by atoms with Gasteiger partial charge in [-0.15, -0.1) is 0 Å². The molecule has 0 aromatic heterocycles. The topological polar surface area (TPSA) is 75.7 Å². The molecule has 1 N–H and O–H groups in total. The number of rotatable bonds is 7. The Morgan fingerprint density at radius 1 is 1.11 bits per heavy atom. The highest BCUT2D eigenvalue weighted by molar-refractivity contribution is 7.89. The molecule has 0 spiro atoms. The van der Waals surface area contributed by atoms with Gasteiger partial charge in [0.25, 0.3) is 0 Å². The third-order valence-corrected chi connectivity index (χ3v) is 6.36. The number of sulfonamides is 1. The number of benzene rings is 2. The van der Waals surface area contributed by atoms with Gasteiger partial charge in [0.2, 0.25) is 15.9 Å². The summed E-state index contributed by atoms with van der Waals surface area (Å²) in [5.41, 5.74) is 3.31. The van der Waals surface area contributed by atoms with Crippen molar-refractivity contribution >= 4 is 15.9 Å². The Bertz CT molecular complexity index is 908. The van der Waals surface area contributed by atoms with Crippen LogP contribution in [-0.4, -0.2) is 39.3 Å². The van der Waals surface area contributed by atoms with E-state index in [2.05, 4.69) is 5.32 Å². The van der Waals surface area contributed by atoms with Crippen molar-refractivity contribution in [2.45, 2.75) is 31.7 Å². The summed E-state index contributed by atoms with van der Waals surface area (Å²) < 4.78 is 31.3. The number of likely N-dealkylation sites (N-methyl/N-ethyl adjacent to an activating group) is 1. The zero-order chi connectivity index (χ0) is 20.2. The van der Waals surface area contributed by atoms with Crippen LogP contribution < -0.4 is 10.1 Å². The highest BCUT2D eigenvalue weighted by atomic mass is 32.2. The molecule has 1 atom stereocenters. The van der Waals surface area contributed by atoms with Gasteiger partial charge < -0.3 is 10.1 Å². The third-order valence-electron chi connectivity index (χ3n) is 4.54. The quantitative estimate of drug-likeness (QED) is 0.789. The van der Waals surface area contributed by atoms with Crippen LogP contribution in [0.25, 0.3) is 0 Å². The molecule has 146 valence electrons. The molecular weight excluding hydrogens is 364 g/mol. The molecule has 0 bridgehead atoms. The minimum absolute atomic E-state index is 0.112. The van der Waals surface area contributed by atoms with Gasteiger partial charge in [-0.05, 0) is 61.7 Å². The van der Waals surface area contributed by atoms with E-state index in [-0.39, 0.29) is 23.4 Å². The standard InChI is InChI=1S/C20H26N2O4S/c1-14-6-7-17(12-15(14)2)16(3)21-20(23)13-22(4)27(24,25)19-10-8-18(26-5)9-11-19/h6-12,16H,13H2,1-5H3,(H,21,23)/t16-/m0/s1. The summed E-state index contributed by atoms with van der Waals surface area (Å²) in [5, 5.41) is 2.85. The van der Waals surface area contributed by atoms with Crippen LogP contribution in [0.3, 0.4) is 0 Å². The highest BCUT2D eigenvalue weighted by Gasteiger charge is 2.23. The average molecular weight is 391 g/mol. The molecular formula is C20H26N2O4S. The van der Waals surface area contributed by atoms with E-state index in [0.717, 1.165) is 15.4 Å². The van der Waals surface area contributed by atoms with Crippen molar-refractivity contribution in [2.75, 3.05) is 20.7 Å². The van der Waals surface area contributed by atoms with Crippen molar-refractivity contribution in [2.24, 2.45) is 0 Å². The summed E-state index contributed by atoms with van der Waals surface area (Å²) in [4.78, 5) is 12.4. The van der Waals surface area contributed by atoms with E-state index in [9.17, 15) is 13.2 Å². The fourth-order valence-electron chi connectivity index (χ4n) is 2.62. The third kappa shape index (κ3) is 5.08. The Labute approximate surface area is 161 Å². The Kier molecular flexibility index (Phi) is 6.62. The van der Waals surface area contributed by atoms with Crippen molar-refractivity contribution in [3.8, 4) is 5.75 Å². The second-order valence-corrected chi connectivity index (χ2v) is 8.61. The molecule has 1 amide bonds. The Hall–Kier alpha value is -2.38. The molecule has 0 unspecified atom stereocenters. The van der Waals surface area contributed by atoms with Crippen LogP contribution in [-0.2, 0) is 14.8 Å². The maximum atomic E-state index is 12.6. The van der Waals surface area contributed by atoms with E-state index >= 15 is 0 Å². The van der Waals surface area contributed by atoms with E-state index < -0.39 is 10.0 Å². The molecule has 0 aliphatic heterocycles. The minimum atomic E-state index is -3.75. The predicted octanol–water partition coefficient (Wildman–Crippen LogP) is 2.81. The number of aryl methyl sites for hydroxylation is 2. The Morgan fingerprint density at radius 3 is 2.30 bits per heavy atom.